The topological polar surface area (TPSA) is 17.8 Å². The number of aromatic nitrogens is 2. The van der Waals surface area contributed by atoms with Gasteiger partial charge < -0.3 is 4.57 Å². The fraction of sp³-hybridized carbons (Fsp3) is 0.125. The highest BCUT2D eigenvalue weighted by Crippen LogP contribution is 2.40. The van der Waals surface area contributed by atoms with Crippen LogP contribution in [-0.4, -0.2) is 9.55 Å². The van der Waals surface area contributed by atoms with Crippen molar-refractivity contribution in [2.24, 2.45) is 0 Å². The summed E-state index contributed by atoms with van der Waals surface area (Å²) in [6, 6.07) is 20.9. The highest BCUT2D eigenvalue weighted by Gasteiger charge is 2.38. The molecule has 1 aromatic heterocycles. The zero-order chi connectivity index (χ0) is 18.4. The van der Waals surface area contributed by atoms with Gasteiger partial charge in [0.15, 0.2) is 0 Å². The zero-order valence-electron chi connectivity index (χ0n) is 15.2. The molecule has 0 aliphatic carbocycles. The summed E-state index contributed by atoms with van der Waals surface area (Å²) < 4.78 is 2.16. The minimum absolute atomic E-state index is 0.554. The van der Waals surface area contributed by atoms with Gasteiger partial charge in [-0.25, -0.2) is 4.98 Å². The lowest BCUT2D eigenvalue weighted by molar-refractivity contribution is 0.514. The van der Waals surface area contributed by atoms with Gasteiger partial charge in [0.05, 0.1) is 12.0 Å². The number of imidazole rings is 1. The Bertz CT molecular complexity index is 862. The minimum Gasteiger partial charge on any atom is -0.319 e. The van der Waals surface area contributed by atoms with Gasteiger partial charge >= 0.3 is 0 Å². The van der Waals surface area contributed by atoms with E-state index in [0.717, 1.165) is 28.8 Å². The summed E-state index contributed by atoms with van der Waals surface area (Å²) in [5, 5.41) is 0. The van der Waals surface area contributed by atoms with E-state index in [1.54, 1.807) is 0 Å². The summed E-state index contributed by atoms with van der Waals surface area (Å²) >= 11 is 0. The molecule has 2 aromatic carbocycles. The monoisotopic (exact) mass is 340 g/mol. The van der Waals surface area contributed by atoms with Crippen molar-refractivity contribution in [1.29, 1.82) is 0 Å². The van der Waals surface area contributed by atoms with E-state index in [1.807, 2.05) is 31.5 Å². The molecule has 2 nitrogen and oxygen atoms in total. The number of rotatable bonds is 7. The standard InChI is InChI=1S/C24H24N2/c1-4-5-8-13-20(2)24(22-14-9-6-10-15-22,23-16-11-7-12-17-23)26-18-21(3)25-19-26/h4,6-19H,1-2,5H2,3H3. The average molecular weight is 340 g/mol. The summed E-state index contributed by atoms with van der Waals surface area (Å²) in [5.41, 5.74) is 3.70. The van der Waals surface area contributed by atoms with Gasteiger partial charge in [-0.15, -0.1) is 6.58 Å². The molecule has 26 heavy (non-hydrogen) atoms. The Kier molecular flexibility index (Phi) is 5.33. The van der Waals surface area contributed by atoms with Crippen LogP contribution in [0.4, 0.5) is 0 Å². The maximum absolute atomic E-state index is 4.49. The fourth-order valence-corrected chi connectivity index (χ4v) is 3.39. The van der Waals surface area contributed by atoms with E-state index < -0.39 is 5.54 Å². The summed E-state index contributed by atoms with van der Waals surface area (Å²) in [5.74, 6) is 0. The van der Waals surface area contributed by atoms with E-state index >= 15 is 0 Å². The molecule has 3 rings (SSSR count). The van der Waals surface area contributed by atoms with Crippen molar-refractivity contribution in [2.45, 2.75) is 18.9 Å². The summed E-state index contributed by atoms with van der Waals surface area (Å²) in [7, 11) is 0. The van der Waals surface area contributed by atoms with E-state index in [2.05, 4.69) is 89.6 Å². The molecular weight excluding hydrogens is 316 g/mol. The third kappa shape index (κ3) is 3.18. The fourth-order valence-electron chi connectivity index (χ4n) is 3.39. The van der Waals surface area contributed by atoms with Crippen LogP contribution in [0, 0.1) is 6.92 Å². The number of nitrogens with zero attached hydrogens (tertiary/aromatic N) is 2. The number of allylic oxidation sites excluding steroid dienone is 4. The van der Waals surface area contributed by atoms with Gasteiger partial charge in [-0.1, -0.05) is 85.5 Å². The second-order valence-electron chi connectivity index (χ2n) is 6.32. The van der Waals surface area contributed by atoms with Crippen LogP contribution in [0.25, 0.3) is 0 Å². The number of hydrogen-bond acceptors (Lipinski definition) is 1. The van der Waals surface area contributed by atoms with Crippen LogP contribution >= 0.6 is 0 Å². The minimum atomic E-state index is -0.554. The van der Waals surface area contributed by atoms with Crippen LogP contribution < -0.4 is 0 Å². The van der Waals surface area contributed by atoms with Crippen LogP contribution in [0.2, 0.25) is 0 Å². The van der Waals surface area contributed by atoms with Gasteiger partial charge in [-0.2, -0.15) is 0 Å². The first kappa shape index (κ1) is 17.7. The average Bonchev–Trinajstić information content (AvgIpc) is 3.11. The van der Waals surface area contributed by atoms with E-state index in [4.69, 9.17) is 0 Å². The van der Waals surface area contributed by atoms with Crippen LogP contribution in [0.15, 0.2) is 110 Å². The van der Waals surface area contributed by atoms with Gasteiger partial charge in [-0.05, 0) is 30.0 Å². The Balaban J connectivity index is 2.31. The maximum Gasteiger partial charge on any atom is 0.121 e. The molecule has 3 aromatic rings. The molecule has 0 unspecified atom stereocenters. The van der Waals surface area contributed by atoms with E-state index in [9.17, 15) is 0 Å². The lowest BCUT2D eigenvalue weighted by Crippen LogP contribution is -2.37. The van der Waals surface area contributed by atoms with Crippen LogP contribution in [0.5, 0.6) is 0 Å². The van der Waals surface area contributed by atoms with Crippen molar-refractivity contribution in [2.75, 3.05) is 0 Å². The molecule has 0 aliphatic rings. The normalized spacial score (nSPS) is 11.6. The smallest absolute Gasteiger partial charge is 0.121 e. The maximum atomic E-state index is 4.49. The largest absolute Gasteiger partial charge is 0.319 e. The molecule has 0 aliphatic heterocycles. The summed E-state index contributed by atoms with van der Waals surface area (Å²) in [6.07, 6.45) is 10.9. The quantitative estimate of drug-likeness (QED) is 0.400. The molecule has 0 saturated carbocycles. The zero-order valence-corrected chi connectivity index (χ0v) is 15.2. The molecule has 0 saturated heterocycles. The van der Waals surface area contributed by atoms with Gasteiger partial charge in [0, 0.05) is 6.20 Å². The predicted molar refractivity (Wildman–Crippen MR) is 109 cm³/mol. The van der Waals surface area contributed by atoms with Crippen LogP contribution in [0.3, 0.4) is 0 Å². The molecule has 0 bridgehead atoms. The van der Waals surface area contributed by atoms with Crippen molar-refractivity contribution in [3.8, 4) is 0 Å². The van der Waals surface area contributed by atoms with Crippen LogP contribution in [0.1, 0.15) is 23.2 Å². The Hall–Kier alpha value is -3.13. The SMILES string of the molecule is C=CCC=CC(=C)C(c1ccccc1)(c1ccccc1)n1cnc(C)c1. The Morgan fingerprint density at radius 3 is 2.08 bits per heavy atom. The second kappa shape index (κ2) is 7.83. The Morgan fingerprint density at radius 1 is 1.04 bits per heavy atom. The van der Waals surface area contributed by atoms with E-state index in [-0.39, 0.29) is 0 Å². The Labute approximate surface area is 155 Å². The van der Waals surface area contributed by atoms with E-state index in [0.29, 0.717) is 0 Å². The van der Waals surface area contributed by atoms with E-state index in [1.165, 1.54) is 0 Å². The summed E-state index contributed by atoms with van der Waals surface area (Å²) in [6.45, 7) is 10.3. The molecule has 130 valence electrons. The molecule has 0 amide bonds. The molecule has 2 heteroatoms. The van der Waals surface area contributed by atoms with Crippen molar-refractivity contribution >= 4 is 0 Å². The highest BCUT2D eigenvalue weighted by molar-refractivity contribution is 5.51. The highest BCUT2D eigenvalue weighted by atomic mass is 15.1. The molecule has 0 spiro atoms. The molecule has 1 heterocycles. The van der Waals surface area contributed by atoms with Crippen molar-refractivity contribution in [1.82, 2.24) is 9.55 Å². The molecule has 0 atom stereocenters. The van der Waals surface area contributed by atoms with Crippen molar-refractivity contribution < 1.29 is 0 Å². The second-order valence-corrected chi connectivity index (χ2v) is 6.32. The first-order chi connectivity index (χ1) is 12.7. The third-order valence-corrected chi connectivity index (χ3v) is 4.57. The molecule has 0 radical (unpaired) electrons. The lowest BCUT2D eigenvalue weighted by Gasteiger charge is -2.37. The third-order valence-electron chi connectivity index (χ3n) is 4.57. The van der Waals surface area contributed by atoms with Crippen molar-refractivity contribution in [3.05, 3.63) is 127 Å². The molecule has 0 N–H and O–H groups in total. The van der Waals surface area contributed by atoms with Gasteiger partial charge in [0.1, 0.15) is 5.54 Å². The summed E-state index contributed by atoms with van der Waals surface area (Å²) in [4.78, 5) is 4.49. The lowest BCUT2D eigenvalue weighted by atomic mass is 9.76. The van der Waals surface area contributed by atoms with Crippen molar-refractivity contribution in [3.63, 3.8) is 0 Å². The van der Waals surface area contributed by atoms with Gasteiger partial charge in [0.2, 0.25) is 0 Å². The molecule has 0 fully saturated rings. The molecular formula is C24H24N2. The first-order valence-corrected chi connectivity index (χ1v) is 8.78. The van der Waals surface area contributed by atoms with Crippen LogP contribution in [-0.2, 0) is 5.54 Å². The Morgan fingerprint density at radius 2 is 1.62 bits per heavy atom. The number of aryl methyl sites for hydroxylation is 1. The van der Waals surface area contributed by atoms with Gasteiger partial charge in [-0.3, -0.25) is 0 Å². The van der Waals surface area contributed by atoms with Gasteiger partial charge in [0.25, 0.3) is 0 Å². The number of hydrogen-bond donors (Lipinski definition) is 0. The predicted octanol–water partition coefficient (Wildman–Crippen LogP) is 5.67. The first-order valence-electron chi connectivity index (χ1n) is 8.78. The number of benzene rings is 2.